The average molecular weight is 210 g/mol. The lowest BCUT2D eigenvalue weighted by Gasteiger charge is -1.93. The predicted molar refractivity (Wildman–Crippen MR) is 56.6 cm³/mol. The molecule has 0 N–H and O–H groups in total. The molecular formula is C9H9NOPS+. The summed E-state index contributed by atoms with van der Waals surface area (Å²) < 4.78 is 5.43. The highest BCUT2D eigenvalue weighted by atomic mass is 32.4. The molecule has 0 radical (unpaired) electrons. The van der Waals surface area contributed by atoms with Crippen molar-refractivity contribution in [3.63, 3.8) is 0 Å². The van der Waals surface area contributed by atoms with Crippen LogP contribution >= 0.6 is 6.92 Å². The van der Waals surface area contributed by atoms with Crippen molar-refractivity contribution >= 4 is 18.7 Å². The Morgan fingerprint density at radius 1 is 1.46 bits per heavy atom. The summed E-state index contributed by atoms with van der Waals surface area (Å²) in [5, 5.41) is 8.55. The fourth-order valence-corrected chi connectivity index (χ4v) is 1.52. The van der Waals surface area contributed by atoms with Gasteiger partial charge >= 0.3 is 6.92 Å². The first-order valence-electron chi connectivity index (χ1n) is 3.89. The molecule has 1 aromatic carbocycles. The van der Waals surface area contributed by atoms with Crippen LogP contribution in [0.3, 0.4) is 0 Å². The van der Waals surface area contributed by atoms with Crippen molar-refractivity contribution in [3.8, 4) is 11.8 Å². The molecule has 1 aromatic rings. The molecule has 0 aliphatic carbocycles. The fraction of sp³-hybridized carbons (Fsp3) is 0.222. The summed E-state index contributed by atoms with van der Waals surface area (Å²) in [6.07, 6.45) is 0.866. The Balaban J connectivity index is 2.71. The lowest BCUT2D eigenvalue weighted by Crippen LogP contribution is -1.82. The molecule has 13 heavy (non-hydrogen) atoms. The molecular weight excluding hydrogens is 201 g/mol. The first-order valence-corrected chi connectivity index (χ1v) is 6.35. The van der Waals surface area contributed by atoms with Gasteiger partial charge in [-0.05, 0) is 31.2 Å². The second kappa shape index (κ2) is 4.91. The Kier molecular flexibility index (Phi) is 3.82. The Labute approximate surface area is 83.7 Å². The highest BCUT2D eigenvalue weighted by molar-refractivity contribution is 8.03. The van der Waals surface area contributed by atoms with E-state index in [-0.39, 0.29) is 0 Å². The smallest absolute Gasteiger partial charge is 0.278 e. The number of hydrogen-bond acceptors (Lipinski definition) is 3. The van der Waals surface area contributed by atoms with Crippen LogP contribution in [0.2, 0.25) is 0 Å². The van der Waals surface area contributed by atoms with Gasteiger partial charge in [0.05, 0.1) is 11.6 Å². The predicted octanol–water partition coefficient (Wildman–Crippen LogP) is 2.82. The summed E-state index contributed by atoms with van der Waals surface area (Å²) in [6, 6.07) is 9.04. The van der Waals surface area contributed by atoms with Crippen molar-refractivity contribution in [1.82, 2.24) is 0 Å². The summed E-state index contributed by atoms with van der Waals surface area (Å²) in [4.78, 5) is 0. The summed E-state index contributed by atoms with van der Waals surface area (Å²) >= 11 is 5.06. The molecule has 0 aromatic heterocycles. The van der Waals surface area contributed by atoms with E-state index >= 15 is 0 Å². The van der Waals surface area contributed by atoms with Gasteiger partial charge in [0.25, 0.3) is 0 Å². The topological polar surface area (TPSA) is 33.0 Å². The van der Waals surface area contributed by atoms with Crippen molar-refractivity contribution in [2.75, 3.05) is 6.16 Å². The Bertz CT molecular complexity index is 342. The van der Waals surface area contributed by atoms with E-state index in [0.29, 0.717) is 5.56 Å². The maximum absolute atomic E-state index is 8.55. The van der Waals surface area contributed by atoms with Gasteiger partial charge in [-0.2, -0.15) is 5.26 Å². The van der Waals surface area contributed by atoms with Gasteiger partial charge in [0.1, 0.15) is 0 Å². The summed E-state index contributed by atoms with van der Waals surface area (Å²) in [5.41, 5.74) is 0.637. The second-order valence-electron chi connectivity index (χ2n) is 2.38. The molecule has 0 aliphatic rings. The maximum atomic E-state index is 8.55. The van der Waals surface area contributed by atoms with Crippen molar-refractivity contribution in [3.05, 3.63) is 29.8 Å². The molecule has 0 saturated carbocycles. The van der Waals surface area contributed by atoms with Crippen molar-refractivity contribution in [2.45, 2.75) is 6.92 Å². The summed E-state index contributed by atoms with van der Waals surface area (Å²) in [6.45, 7) is 1.23. The largest absolute Gasteiger partial charge is 0.387 e. The minimum Gasteiger partial charge on any atom is -0.278 e. The Hall–Kier alpha value is -0.970. The molecule has 4 heteroatoms. The first kappa shape index (κ1) is 10.1. The molecule has 1 unspecified atom stereocenters. The third kappa shape index (κ3) is 3.10. The standard InChI is InChI=1S/C9H9NOPS/c1-2-12(13)11-9-5-3-8(7-10)4-6-9/h3-6H,2H2,1H3/q+1. The van der Waals surface area contributed by atoms with Gasteiger partial charge < -0.3 is 0 Å². The Morgan fingerprint density at radius 2 is 2.08 bits per heavy atom. The van der Waals surface area contributed by atoms with Crippen molar-refractivity contribution in [1.29, 1.82) is 5.26 Å². The van der Waals surface area contributed by atoms with Crippen LogP contribution in [-0.4, -0.2) is 6.16 Å². The van der Waals surface area contributed by atoms with Crippen LogP contribution in [-0.2, 0) is 11.8 Å². The van der Waals surface area contributed by atoms with E-state index < -0.39 is 6.92 Å². The molecule has 0 spiro atoms. The van der Waals surface area contributed by atoms with E-state index in [1.807, 2.05) is 13.0 Å². The SMILES string of the molecule is CC[P+](=S)Oc1ccc(C#N)cc1. The van der Waals surface area contributed by atoms with E-state index in [1.54, 1.807) is 24.3 Å². The minimum absolute atomic E-state index is 0.637. The van der Waals surface area contributed by atoms with E-state index in [9.17, 15) is 0 Å². The van der Waals surface area contributed by atoms with Crippen LogP contribution in [0.4, 0.5) is 0 Å². The zero-order valence-electron chi connectivity index (χ0n) is 7.23. The minimum atomic E-state index is -0.768. The van der Waals surface area contributed by atoms with Crippen LogP contribution in [0.5, 0.6) is 5.75 Å². The molecule has 0 bridgehead atoms. The van der Waals surface area contributed by atoms with E-state index in [4.69, 9.17) is 21.6 Å². The number of rotatable bonds is 3. The van der Waals surface area contributed by atoms with Gasteiger partial charge in [0.15, 0.2) is 11.9 Å². The third-order valence-corrected chi connectivity index (χ3v) is 3.38. The van der Waals surface area contributed by atoms with Gasteiger partial charge in [-0.15, -0.1) is 0 Å². The average Bonchev–Trinajstić information content (AvgIpc) is 2.19. The van der Waals surface area contributed by atoms with E-state index in [0.717, 1.165) is 11.9 Å². The number of benzene rings is 1. The molecule has 1 rings (SSSR count). The van der Waals surface area contributed by atoms with Gasteiger partial charge in [-0.1, -0.05) is 0 Å². The summed E-state index contributed by atoms with van der Waals surface area (Å²) in [5.74, 6) is 0.752. The molecule has 2 nitrogen and oxygen atoms in total. The quantitative estimate of drug-likeness (QED) is 0.719. The highest BCUT2D eigenvalue weighted by Gasteiger charge is 2.08. The van der Waals surface area contributed by atoms with Crippen LogP contribution in [0, 0.1) is 11.3 Å². The first-order chi connectivity index (χ1) is 6.26. The molecule has 0 amide bonds. The maximum Gasteiger partial charge on any atom is 0.387 e. The van der Waals surface area contributed by atoms with E-state index in [1.165, 1.54) is 0 Å². The lowest BCUT2D eigenvalue weighted by atomic mass is 10.2. The number of nitriles is 1. The molecule has 0 heterocycles. The second-order valence-corrected chi connectivity index (χ2v) is 5.08. The summed E-state index contributed by atoms with van der Waals surface area (Å²) in [7, 11) is 0. The normalized spacial score (nSPS) is 10.3. The molecule has 0 fully saturated rings. The van der Waals surface area contributed by atoms with Gasteiger partial charge in [-0.3, -0.25) is 4.52 Å². The van der Waals surface area contributed by atoms with Crippen LogP contribution < -0.4 is 4.52 Å². The van der Waals surface area contributed by atoms with Crippen molar-refractivity contribution < 1.29 is 4.52 Å². The highest BCUT2D eigenvalue weighted by Crippen LogP contribution is 2.26. The van der Waals surface area contributed by atoms with Crippen LogP contribution in [0.1, 0.15) is 12.5 Å². The molecule has 66 valence electrons. The lowest BCUT2D eigenvalue weighted by molar-refractivity contribution is 0.629. The monoisotopic (exact) mass is 210 g/mol. The molecule has 0 saturated heterocycles. The number of nitrogens with zero attached hydrogens (tertiary/aromatic N) is 1. The number of hydrogen-bond donors (Lipinski definition) is 0. The Morgan fingerprint density at radius 3 is 2.54 bits per heavy atom. The van der Waals surface area contributed by atoms with E-state index in [2.05, 4.69) is 0 Å². The van der Waals surface area contributed by atoms with Gasteiger partial charge in [0.2, 0.25) is 11.8 Å². The fourth-order valence-electron chi connectivity index (χ4n) is 0.772. The zero-order chi connectivity index (χ0) is 9.68. The van der Waals surface area contributed by atoms with Gasteiger partial charge in [-0.25, -0.2) is 0 Å². The van der Waals surface area contributed by atoms with Gasteiger partial charge in [0, 0.05) is 0 Å². The van der Waals surface area contributed by atoms with Crippen LogP contribution in [0.15, 0.2) is 24.3 Å². The van der Waals surface area contributed by atoms with Crippen molar-refractivity contribution in [2.24, 2.45) is 0 Å². The van der Waals surface area contributed by atoms with Crippen LogP contribution in [0.25, 0.3) is 0 Å². The molecule has 1 atom stereocenters. The molecule has 0 aliphatic heterocycles. The third-order valence-electron chi connectivity index (χ3n) is 1.45. The zero-order valence-corrected chi connectivity index (χ0v) is 8.94.